The second kappa shape index (κ2) is 12.7. The molecule has 4 aromatic heterocycles. The van der Waals surface area contributed by atoms with Gasteiger partial charge < -0.3 is 4.57 Å². The number of benzene rings is 3. The van der Waals surface area contributed by atoms with Gasteiger partial charge in [0.2, 0.25) is 0 Å². The Labute approximate surface area is 314 Å². The first-order valence-corrected chi connectivity index (χ1v) is 19.6. The predicted molar refractivity (Wildman–Crippen MR) is 222 cm³/mol. The highest BCUT2D eigenvalue weighted by Gasteiger charge is 2.62. The zero-order valence-electron chi connectivity index (χ0n) is 29.9. The Balaban J connectivity index is 1.09. The van der Waals surface area contributed by atoms with E-state index in [9.17, 15) is 0 Å². The van der Waals surface area contributed by atoms with E-state index in [1.54, 1.807) is 5.57 Å². The summed E-state index contributed by atoms with van der Waals surface area (Å²) in [5.41, 5.74) is 13.5. The fourth-order valence-corrected chi connectivity index (χ4v) is 10.4. The molecular formula is C47H39N5S. The highest BCUT2D eigenvalue weighted by molar-refractivity contribution is 8.00. The van der Waals surface area contributed by atoms with E-state index >= 15 is 0 Å². The number of pyridine rings is 1. The van der Waals surface area contributed by atoms with E-state index in [1.807, 2.05) is 36.7 Å². The fraction of sp³-hybridized carbons (Fsp3) is 0.170. The van der Waals surface area contributed by atoms with Crippen molar-refractivity contribution in [3.05, 3.63) is 168 Å². The largest absolute Gasteiger partial charge is 0.313 e. The number of hydrogen-bond acceptors (Lipinski definition) is 4. The van der Waals surface area contributed by atoms with E-state index in [-0.39, 0.29) is 4.75 Å². The minimum absolute atomic E-state index is 0.0248. The topological polar surface area (TPSA) is 48.5 Å². The van der Waals surface area contributed by atoms with Crippen molar-refractivity contribution < 1.29 is 0 Å². The molecule has 0 saturated heterocycles. The summed E-state index contributed by atoms with van der Waals surface area (Å²) in [6.07, 6.45) is 20.0. The Morgan fingerprint density at radius 1 is 0.868 bits per heavy atom. The van der Waals surface area contributed by atoms with Gasteiger partial charge in [0, 0.05) is 79.0 Å². The lowest BCUT2D eigenvalue weighted by atomic mass is 9.84. The van der Waals surface area contributed by atoms with Crippen molar-refractivity contribution in [2.75, 3.05) is 0 Å². The third-order valence-corrected chi connectivity index (χ3v) is 13.0. The van der Waals surface area contributed by atoms with Gasteiger partial charge in [-0.25, -0.2) is 15.0 Å². The first-order valence-electron chi connectivity index (χ1n) is 18.6. The molecule has 53 heavy (non-hydrogen) atoms. The summed E-state index contributed by atoms with van der Waals surface area (Å²) < 4.78 is 4.96. The van der Waals surface area contributed by atoms with Gasteiger partial charge in [0.15, 0.2) is 5.82 Å². The molecule has 1 fully saturated rings. The lowest BCUT2D eigenvalue weighted by Crippen LogP contribution is -2.21. The predicted octanol–water partition coefficient (Wildman–Crippen LogP) is 11.6. The summed E-state index contributed by atoms with van der Waals surface area (Å²) in [5, 5.41) is 2.53. The molecule has 0 N–H and O–H groups in total. The smallest absolute Gasteiger partial charge is 0.159 e. The van der Waals surface area contributed by atoms with Crippen molar-refractivity contribution in [3.63, 3.8) is 0 Å². The first-order chi connectivity index (χ1) is 26.2. The van der Waals surface area contributed by atoms with Crippen LogP contribution in [0, 0.1) is 5.92 Å². The van der Waals surface area contributed by atoms with Crippen LogP contribution in [0.3, 0.4) is 0 Å². The van der Waals surface area contributed by atoms with Crippen molar-refractivity contribution in [2.45, 2.75) is 43.1 Å². The van der Waals surface area contributed by atoms with Gasteiger partial charge in [-0.15, -0.1) is 11.8 Å². The second-order valence-corrected chi connectivity index (χ2v) is 15.5. The molecule has 0 amide bonds. The standard InChI is InChI=1S/C47H39N5S/c1-3-31-21-24-37-38-19-13-26-49-46(38)52(35-16-9-6-10-17-35)43(37)30-53-47-29-41(47)44-39(28-40(31)47)36-18-11-12-20-42(36)51(44)34(4-2)23-22-33-25-27-48-45(50-33)32-14-7-5-8-15-32/h4-28,31,41H,3,29-30H2,1-2H3/b23-22-,24-21-,34-4+/t31-,41+,47?/m0/s1. The van der Waals surface area contributed by atoms with Gasteiger partial charge in [-0.3, -0.25) is 4.57 Å². The van der Waals surface area contributed by atoms with Crippen LogP contribution in [0.25, 0.3) is 62.9 Å². The van der Waals surface area contributed by atoms with Gasteiger partial charge in [-0.2, -0.15) is 0 Å². The molecule has 7 aromatic rings. The molecule has 258 valence electrons. The third-order valence-electron chi connectivity index (χ3n) is 11.4. The highest BCUT2D eigenvalue weighted by Crippen LogP contribution is 2.70. The van der Waals surface area contributed by atoms with Crippen molar-refractivity contribution in [2.24, 2.45) is 5.92 Å². The molecule has 5 nitrogen and oxygen atoms in total. The molecule has 3 atom stereocenters. The van der Waals surface area contributed by atoms with Crippen molar-refractivity contribution in [3.8, 4) is 17.1 Å². The molecule has 10 rings (SSSR count). The highest BCUT2D eigenvalue weighted by atomic mass is 32.2. The van der Waals surface area contributed by atoms with Crippen LogP contribution >= 0.6 is 11.8 Å². The van der Waals surface area contributed by atoms with Gasteiger partial charge >= 0.3 is 0 Å². The summed E-state index contributed by atoms with van der Waals surface area (Å²) in [4.78, 5) is 14.4. The molecule has 6 heteroatoms. The fourth-order valence-electron chi connectivity index (χ4n) is 8.78. The van der Waals surface area contributed by atoms with E-state index in [0.29, 0.717) is 11.8 Å². The Morgan fingerprint density at radius 3 is 2.49 bits per heavy atom. The van der Waals surface area contributed by atoms with Gasteiger partial charge in [0.25, 0.3) is 0 Å². The molecule has 1 unspecified atom stereocenters. The maximum absolute atomic E-state index is 4.93. The number of para-hydroxylation sites is 2. The Bertz CT molecular complexity index is 2660. The van der Waals surface area contributed by atoms with Crippen molar-refractivity contribution in [1.82, 2.24) is 24.1 Å². The number of rotatable bonds is 6. The number of allylic oxidation sites excluding steroid dienone is 4. The average Bonchev–Trinajstić information content (AvgIpc) is 3.74. The lowest BCUT2D eigenvalue weighted by molar-refractivity contribution is 0.687. The average molecular weight is 706 g/mol. The number of aromatic nitrogens is 5. The van der Waals surface area contributed by atoms with E-state index in [2.05, 4.69) is 155 Å². The SMILES string of the molecule is C/C=C(\C=C/c1ccnc(-c2ccccc2)n1)n1c2c(c3ccccc31)C=C1[C@@H](CC)/C=C\c3c(n(-c4ccccc4)c4ncccc34)CSC13C[C@H]23. The minimum Gasteiger partial charge on any atom is -0.313 e. The summed E-state index contributed by atoms with van der Waals surface area (Å²) in [6.45, 7) is 4.49. The number of hydrogen-bond donors (Lipinski definition) is 0. The van der Waals surface area contributed by atoms with Crippen LogP contribution in [0.2, 0.25) is 0 Å². The van der Waals surface area contributed by atoms with Crippen LogP contribution < -0.4 is 0 Å². The third kappa shape index (κ3) is 5.11. The molecule has 0 bridgehead atoms. The number of nitrogens with zero attached hydrogens (tertiary/aromatic N) is 5. The van der Waals surface area contributed by atoms with Gasteiger partial charge in [0.05, 0.1) is 11.2 Å². The molecule has 1 aliphatic heterocycles. The summed E-state index contributed by atoms with van der Waals surface area (Å²) in [7, 11) is 0. The van der Waals surface area contributed by atoms with E-state index in [1.165, 1.54) is 38.8 Å². The molecule has 3 aliphatic rings. The van der Waals surface area contributed by atoms with E-state index in [4.69, 9.17) is 9.97 Å². The molecule has 0 radical (unpaired) electrons. The number of fused-ring (bicyclic) bond motifs is 7. The second-order valence-electron chi connectivity index (χ2n) is 14.2. The minimum atomic E-state index is 0.0248. The molecule has 2 aliphatic carbocycles. The normalized spacial score (nSPS) is 21.2. The van der Waals surface area contributed by atoms with Crippen LogP contribution in [0.5, 0.6) is 0 Å². The summed E-state index contributed by atoms with van der Waals surface area (Å²) in [5.74, 6) is 2.38. The molecule has 1 saturated carbocycles. The molecule has 5 heterocycles. The Kier molecular flexibility index (Phi) is 7.69. The van der Waals surface area contributed by atoms with Gasteiger partial charge in [-0.05, 0) is 79.8 Å². The van der Waals surface area contributed by atoms with Crippen molar-refractivity contribution >= 4 is 57.6 Å². The first kappa shape index (κ1) is 32.0. The van der Waals surface area contributed by atoms with E-state index < -0.39 is 0 Å². The summed E-state index contributed by atoms with van der Waals surface area (Å²) >= 11 is 2.14. The van der Waals surface area contributed by atoms with Crippen LogP contribution in [-0.4, -0.2) is 28.8 Å². The number of thioether (sulfide) groups is 1. The zero-order chi connectivity index (χ0) is 35.5. The van der Waals surface area contributed by atoms with Crippen molar-refractivity contribution in [1.29, 1.82) is 0 Å². The van der Waals surface area contributed by atoms with Gasteiger partial charge in [-0.1, -0.05) is 98.0 Å². The molecule has 1 spiro atoms. The quantitative estimate of drug-likeness (QED) is 0.162. The molecule has 3 aromatic carbocycles. The zero-order valence-corrected chi connectivity index (χ0v) is 30.7. The van der Waals surface area contributed by atoms with Crippen LogP contribution in [0.4, 0.5) is 0 Å². The summed E-state index contributed by atoms with van der Waals surface area (Å²) in [6, 6.07) is 36.2. The Hall–Kier alpha value is -5.72. The Morgan fingerprint density at radius 2 is 1.66 bits per heavy atom. The monoisotopic (exact) mass is 705 g/mol. The lowest BCUT2D eigenvalue weighted by Gasteiger charge is -2.30. The van der Waals surface area contributed by atoms with E-state index in [0.717, 1.165) is 52.7 Å². The van der Waals surface area contributed by atoms with Gasteiger partial charge in [0.1, 0.15) is 5.65 Å². The maximum Gasteiger partial charge on any atom is 0.159 e. The van der Waals surface area contributed by atoms with Crippen LogP contribution in [0.15, 0.2) is 139 Å². The van der Waals surface area contributed by atoms with Crippen LogP contribution in [-0.2, 0) is 5.75 Å². The molecular weight excluding hydrogens is 667 g/mol. The maximum atomic E-state index is 4.93. The van der Waals surface area contributed by atoms with Crippen LogP contribution in [0.1, 0.15) is 60.8 Å².